The highest BCUT2D eigenvalue weighted by Crippen LogP contribution is 2.25. The fourth-order valence-corrected chi connectivity index (χ4v) is 2.58. The number of halogens is 2. The molecule has 1 heterocycles. The SMILES string of the molecule is CN(C(=O)Nc1cc(F)cc(F)c1)C(c1ccccc1)c1ncc[nH]1. The molecule has 25 heavy (non-hydrogen) atoms. The molecule has 0 fully saturated rings. The first-order chi connectivity index (χ1) is 12.0. The average molecular weight is 342 g/mol. The third kappa shape index (κ3) is 3.82. The number of urea groups is 1. The van der Waals surface area contributed by atoms with Gasteiger partial charge in [0.05, 0.1) is 0 Å². The molecule has 3 rings (SSSR count). The Morgan fingerprint density at radius 1 is 1.16 bits per heavy atom. The second-order valence-electron chi connectivity index (χ2n) is 5.49. The Morgan fingerprint density at radius 3 is 2.44 bits per heavy atom. The van der Waals surface area contributed by atoms with E-state index in [4.69, 9.17) is 0 Å². The summed E-state index contributed by atoms with van der Waals surface area (Å²) in [6.45, 7) is 0. The van der Waals surface area contributed by atoms with Crippen molar-refractivity contribution in [2.45, 2.75) is 6.04 Å². The van der Waals surface area contributed by atoms with E-state index in [1.807, 2.05) is 30.3 Å². The number of aromatic amines is 1. The second kappa shape index (κ2) is 7.12. The lowest BCUT2D eigenvalue weighted by molar-refractivity contribution is 0.210. The molecule has 2 amide bonds. The van der Waals surface area contributed by atoms with E-state index < -0.39 is 23.7 Å². The summed E-state index contributed by atoms with van der Waals surface area (Å²) >= 11 is 0. The molecule has 2 aromatic carbocycles. The zero-order valence-corrected chi connectivity index (χ0v) is 13.4. The summed E-state index contributed by atoms with van der Waals surface area (Å²) in [6.07, 6.45) is 3.26. The van der Waals surface area contributed by atoms with E-state index in [1.165, 1.54) is 4.90 Å². The van der Waals surface area contributed by atoms with Crippen LogP contribution in [0.25, 0.3) is 0 Å². The molecule has 0 saturated carbocycles. The zero-order valence-electron chi connectivity index (χ0n) is 13.4. The van der Waals surface area contributed by atoms with Crippen LogP contribution in [0.4, 0.5) is 19.3 Å². The minimum absolute atomic E-state index is 0.0422. The Hall–Kier alpha value is -3.22. The predicted octanol–water partition coefficient (Wildman–Crippen LogP) is 3.94. The third-order valence-electron chi connectivity index (χ3n) is 3.72. The number of amides is 2. The van der Waals surface area contributed by atoms with Crippen molar-refractivity contribution in [1.82, 2.24) is 14.9 Å². The Morgan fingerprint density at radius 2 is 1.84 bits per heavy atom. The molecular formula is C18H16F2N4O. The van der Waals surface area contributed by atoms with Crippen LogP contribution in [0.15, 0.2) is 60.9 Å². The standard InChI is InChI=1S/C18H16F2N4O/c1-24(18(25)23-15-10-13(19)9-14(20)11-15)16(17-21-7-8-22-17)12-5-3-2-4-6-12/h2-11,16H,1H3,(H,21,22)(H,23,25). The number of hydrogen-bond acceptors (Lipinski definition) is 2. The lowest BCUT2D eigenvalue weighted by Gasteiger charge is -2.27. The number of carbonyl (C=O) groups excluding carboxylic acids is 1. The first-order valence-corrected chi connectivity index (χ1v) is 7.59. The molecule has 0 aliphatic carbocycles. The quantitative estimate of drug-likeness (QED) is 0.754. The largest absolute Gasteiger partial charge is 0.347 e. The second-order valence-corrected chi connectivity index (χ2v) is 5.49. The number of benzene rings is 2. The van der Waals surface area contributed by atoms with Crippen LogP contribution in [0, 0.1) is 11.6 Å². The van der Waals surface area contributed by atoms with E-state index in [2.05, 4.69) is 15.3 Å². The average Bonchev–Trinajstić information content (AvgIpc) is 3.09. The van der Waals surface area contributed by atoms with Crippen LogP contribution >= 0.6 is 0 Å². The zero-order chi connectivity index (χ0) is 17.8. The monoisotopic (exact) mass is 342 g/mol. The fourth-order valence-electron chi connectivity index (χ4n) is 2.58. The van der Waals surface area contributed by atoms with Crippen molar-refractivity contribution in [2.24, 2.45) is 0 Å². The number of H-pyrrole nitrogens is 1. The van der Waals surface area contributed by atoms with E-state index in [-0.39, 0.29) is 5.69 Å². The van der Waals surface area contributed by atoms with E-state index in [1.54, 1.807) is 19.4 Å². The maximum Gasteiger partial charge on any atom is 0.322 e. The summed E-state index contributed by atoms with van der Waals surface area (Å²) < 4.78 is 26.6. The van der Waals surface area contributed by atoms with Gasteiger partial charge in [0.25, 0.3) is 0 Å². The van der Waals surface area contributed by atoms with Gasteiger partial charge in [-0.1, -0.05) is 30.3 Å². The van der Waals surface area contributed by atoms with Gasteiger partial charge in [-0.3, -0.25) is 0 Å². The topological polar surface area (TPSA) is 61.0 Å². The molecule has 2 N–H and O–H groups in total. The van der Waals surface area contributed by atoms with Crippen LogP contribution in [0.3, 0.4) is 0 Å². The third-order valence-corrected chi connectivity index (χ3v) is 3.72. The molecule has 0 aliphatic rings. The summed E-state index contributed by atoms with van der Waals surface area (Å²) in [6, 6.07) is 11.2. The van der Waals surface area contributed by atoms with Gasteiger partial charge < -0.3 is 15.2 Å². The van der Waals surface area contributed by atoms with Crippen LogP contribution in [0.5, 0.6) is 0 Å². The van der Waals surface area contributed by atoms with Crippen LogP contribution in [-0.4, -0.2) is 27.9 Å². The van der Waals surface area contributed by atoms with E-state index >= 15 is 0 Å². The number of anilines is 1. The Kier molecular flexibility index (Phi) is 4.74. The van der Waals surface area contributed by atoms with Crippen LogP contribution < -0.4 is 5.32 Å². The normalized spacial score (nSPS) is 11.8. The van der Waals surface area contributed by atoms with Crippen molar-refractivity contribution in [3.05, 3.63) is 83.9 Å². The van der Waals surface area contributed by atoms with Gasteiger partial charge in [-0.2, -0.15) is 0 Å². The first kappa shape index (κ1) is 16.6. The van der Waals surface area contributed by atoms with Crippen molar-refractivity contribution in [2.75, 3.05) is 12.4 Å². The minimum Gasteiger partial charge on any atom is -0.347 e. The molecular weight excluding hydrogens is 326 g/mol. The number of rotatable bonds is 4. The maximum absolute atomic E-state index is 13.3. The van der Waals surface area contributed by atoms with E-state index in [0.29, 0.717) is 5.82 Å². The molecule has 0 bridgehead atoms. The lowest BCUT2D eigenvalue weighted by atomic mass is 10.1. The van der Waals surface area contributed by atoms with Crippen LogP contribution in [-0.2, 0) is 0 Å². The van der Waals surface area contributed by atoms with Gasteiger partial charge >= 0.3 is 6.03 Å². The number of hydrogen-bond donors (Lipinski definition) is 2. The maximum atomic E-state index is 13.3. The lowest BCUT2D eigenvalue weighted by Crippen LogP contribution is -2.36. The van der Waals surface area contributed by atoms with Gasteiger partial charge in [-0.05, 0) is 17.7 Å². The molecule has 0 spiro atoms. The molecule has 7 heteroatoms. The summed E-state index contributed by atoms with van der Waals surface area (Å²) in [4.78, 5) is 21.2. The number of imidazole rings is 1. The summed E-state index contributed by atoms with van der Waals surface area (Å²) in [5, 5.41) is 2.50. The van der Waals surface area contributed by atoms with E-state index in [9.17, 15) is 13.6 Å². The molecule has 0 saturated heterocycles. The molecule has 0 radical (unpaired) electrons. The van der Waals surface area contributed by atoms with E-state index in [0.717, 1.165) is 23.8 Å². The van der Waals surface area contributed by atoms with Crippen LogP contribution in [0.2, 0.25) is 0 Å². The molecule has 1 aromatic heterocycles. The highest BCUT2D eigenvalue weighted by atomic mass is 19.1. The van der Waals surface area contributed by atoms with Gasteiger partial charge in [0.1, 0.15) is 23.5 Å². The van der Waals surface area contributed by atoms with Crippen molar-refractivity contribution < 1.29 is 13.6 Å². The highest BCUT2D eigenvalue weighted by Gasteiger charge is 2.25. The molecule has 3 aromatic rings. The summed E-state index contributed by atoms with van der Waals surface area (Å²) in [5.74, 6) is -0.943. The number of nitrogens with one attached hydrogen (secondary N) is 2. The number of nitrogens with zero attached hydrogens (tertiary/aromatic N) is 2. The Bertz CT molecular complexity index is 833. The minimum atomic E-state index is -0.761. The van der Waals surface area contributed by atoms with Crippen molar-refractivity contribution in [3.63, 3.8) is 0 Å². The highest BCUT2D eigenvalue weighted by molar-refractivity contribution is 5.89. The molecule has 128 valence electrons. The predicted molar refractivity (Wildman–Crippen MR) is 90.0 cm³/mol. The smallest absolute Gasteiger partial charge is 0.322 e. The van der Waals surface area contributed by atoms with Gasteiger partial charge in [-0.25, -0.2) is 18.6 Å². The Labute approximate surface area is 143 Å². The van der Waals surface area contributed by atoms with Crippen molar-refractivity contribution >= 4 is 11.7 Å². The Balaban J connectivity index is 1.87. The van der Waals surface area contributed by atoms with Gasteiger partial charge in [0.2, 0.25) is 0 Å². The summed E-state index contributed by atoms with van der Waals surface area (Å²) in [7, 11) is 1.59. The van der Waals surface area contributed by atoms with Gasteiger partial charge in [-0.15, -0.1) is 0 Å². The molecule has 0 aliphatic heterocycles. The van der Waals surface area contributed by atoms with Crippen molar-refractivity contribution in [1.29, 1.82) is 0 Å². The first-order valence-electron chi connectivity index (χ1n) is 7.59. The number of aromatic nitrogens is 2. The summed E-state index contributed by atoms with van der Waals surface area (Å²) in [5.41, 5.74) is 0.890. The van der Waals surface area contributed by atoms with Gasteiger partial charge in [0, 0.05) is 31.2 Å². The van der Waals surface area contributed by atoms with Crippen LogP contribution in [0.1, 0.15) is 17.4 Å². The molecule has 5 nitrogen and oxygen atoms in total. The molecule has 1 atom stereocenters. The van der Waals surface area contributed by atoms with Crippen molar-refractivity contribution in [3.8, 4) is 0 Å². The number of carbonyl (C=O) groups is 1. The van der Waals surface area contributed by atoms with Gasteiger partial charge in [0.15, 0.2) is 0 Å². The molecule has 1 unspecified atom stereocenters. The fraction of sp³-hybridized carbons (Fsp3) is 0.111.